The van der Waals surface area contributed by atoms with Crippen LogP contribution in [0.4, 0.5) is 0 Å². The van der Waals surface area contributed by atoms with Gasteiger partial charge in [0.1, 0.15) is 0 Å². The highest BCUT2D eigenvalue weighted by molar-refractivity contribution is 7.09. The summed E-state index contributed by atoms with van der Waals surface area (Å²) in [6.07, 6.45) is 3.46. The quantitative estimate of drug-likeness (QED) is 0.614. The van der Waals surface area contributed by atoms with Crippen molar-refractivity contribution in [2.75, 3.05) is 32.7 Å². The van der Waals surface area contributed by atoms with Gasteiger partial charge in [-0.1, -0.05) is 6.92 Å². The van der Waals surface area contributed by atoms with Crippen molar-refractivity contribution < 1.29 is 0 Å². The Bertz CT molecular complexity index is 487. The molecular weight excluding hydrogens is 306 g/mol. The van der Waals surface area contributed by atoms with Crippen molar-refractivity contribution in [2.24, 2.45) is 16.6 Å². The van der Waals surface area contributed by atoms with Crippen molar-refractivity contribution in [1.82, 2.24) is 14.8 Å². The Morgan fingerprint density at radius 1 is 1.35 bits per heavy atom. The van der Waals surface area contributed by atoms with Gasteiger partial charge in [0.25, 0.3) is 0 Å². The number of hydrogen-bond acceptors (Lipinski definition) is 4. The number of aromatic nitrogens is 1. The zero-order valence-corrected chi connectivity index (χ0v) is 15.6. The summed E-state index contributed by atoms with van der Waals surface area (Å²) in [5.41, 5.74) is 7.29. The maximum Gasteiger partial charge on any atom is 0.191 e. The maximum atomic E-state index is 6.06. The molecule has 0 atom stereocenters. The van der Waals surface area contributed by atoms with E-state index in [0.717, 1.165) is 45.7 Å². The van der Waals surface area contributed by atoms with Crippen molar-refractivity contribution in [3.63, 3.8) is 0 Å². The van der Waals surface area contributed by atoms with E-state index < -0.39 is 0 Å². The molecule has 1 fully saturated rings. The largest absolute Gasteiger partial charge is 0.370 e. The van der Waals surface area contributed by atoms with Gasteiger partial charge in [0, 0.05) is 31.6 Å². The first-order valence-electron chi connectivity index (χ1n) is 8.86. The molecule has 2 N–H and O–H groups in total. The first kappa shape index (κ1) is 18.2. The second-order valence-electron chi connectivity index (χ2n) is 6.18. The van der Waals surface area contributed by atoms with E-state index in [-0.39, 0.29) is 0 Å². The fourth-order valence-electron chi connectivity index (χ4n) is 3.01. The standard InChI is InChI=1S/C17H31N5S/c1-4-16-20-15(13-23-16)12-21-9-7-14(8-10-21)11-19-17(18)22(5-2)6-3/h13-14H,4-12H2,1-3H3,(H2,18,19). The third-order valence-electron chi connectivity index (χ3n) is 4.59. The predicted molar refractivity (Wildman–Crippen MR) is 98.9 cm³/mol. The fourth-order valence-corrected chi connectivity index (χ4v) is 3.75. The molecule has 2 heterocycles. The number of rotatable bonds is 7. The Hall–Kier alpha value is -1.14. The third-order valence-corrected chi connectivity index (χ3v) is 5.64. The molecule has 0 saturated carbocycles. The number of nitrogens with zero attached hydrogens (tertiary/aromatic N) is 4. The number of aliphatic imine (C=N–C) groups is 1. The molecule has 1 aliphatic rings. The Balaban J connectivity index is 1.74. The summed E-state index contributed by atoms with van der Waals surface area (Å²) in [5, 5.41) is 3.45. The molecule has 1 aromatic heterocycles. The number of piperidine rings is 1. The van der Waals surface area contributed by atoms with Gasteiger partial charge in [-0.05, 0) is 52.1 Å². The Morgan fingerprint density at radius 3 is 2.61 bits per heavy atom. The summed E-state index contributed by atoms with van der Waals surface area (Å²) in [4.78, 5) is 13.9. The van der Waals surface area contributed by atoms with Gasteiger partial charge in [-0.25, -0.2) is 4.98 Å². The molecule has 1 aromatic rings. The second-order valence-corrected chi connectivity index (χ2v) is 7.12. The number of thiazole rings is 1. The number of likely N-dealkylation sites (tertiary alicyclic amines) is 1. The maximum absolute atomic E-state index is 6.06. The molecule has 130 valence electrons. The second kappa shape index (κ2) is 9.23. The topological polar surface area (TPSA) is 57.8 Å². The van der Waals surface area contributed by atoms with E-state index in [1.165, 1.54) is 23.5 Å². The molecule has 0 amide bonds. The lowest BCUT2D eigenvalue weighted by atomic mass is 9.97. The van der Waals surface area contributed by atoms with Crippen LogP contribution in [-0.2, 0) is 13.0 Å². The van der Waals surface area contributed by atoms with E-state index in [2.05, 4.69) is 45.9 Å². The molecule has 6 heteroatoms. The van der Waals surface area contributed by atoms with Crippen LogP contribution in [0, 0.1) is 5.92 Å². The number of hydrogen-bond donors (Lipinski definition) is 1. The summed E-state index contributed by atoms with van der Waals surface area (Å²) < 4.78 is 0. The van der Waals surface area contributed by atoms with E-state index in [1.54, 1.807) is 11.3 Å². The zero-order chi connectivity index (χ0) is 16.7. The molecule has 0 unspecified atom stereocenters. The van der Waals surface area contributed by atoms with Gasteiger partial charge < -0.3 is 10.6 Å². The summed E-state index contributed by atoms with van der Waals surface area (Å²) in [6, 6.07) is 0. The van der Waals surface area contributed by atoms with E-state index in [1.807, 2.05) is 0 Å². The third kappa shape index (κ3) is 5.46. The minimum absolute atomic E-state index is 0.669. The SMILES string of the molecule is CCc1nc(CN2CCC(CN=C(N)N(CC)CC)CC2)cs1. The summed E-state index contributed by atoms with van der Waals surface area (Å²) >= 11 is 1.78. The minimum Gasteiger partial charge on any atom is -0.370 e. The van der Waals surface area contributed by atoms with Crippen molar-refractivity contribution in [3.8, 4) is 0 Å². The van der Waals surface area contributed by atoms with Gasteiger partial charge >= 0.3 is 0 Å². The van der Waals surface area contributed by atoms with Crippen LogP contribution in [-0.4, -0.2) is 53.5 Å². The van der Waals surface area contributed by atoms with Crippen LogP contribution in [0.2, 0.25) is 0 Å². The smallest absolute Gasteiger partial charge is 0.191 e. The van der Waals surface area contributed by atoms with Gasteiger partial charge in [0.15, 0.2) is 5.96 Å². The molecule has 5 nitrogen and oxygen atoms in total. The average Bonchev–Trinajstić information content (AvgIpc) is 3.03. The molecule has 2 rings (SSSR count). The highest BCUT2D eigenvalue weighted by Gasteiger charge is 2.20. The molecule has 0 bridgehead atoms. The van der Waals surface area contributed by atoms with Gasteiger partial charge in [-0.3, -0.25) is 9.89 Å². The van der Waals surface area contributed by atoms with Crippen molar-refractivity contribution in [2.45, 2.75) is 46.6 Å². The highest BCUT2D eigenvalue weighted by atomic mass is 32.1. The number of aryl methyl sites for hydroxylation is 1. The van der Waals surface area contributed by atoms with Crippen LogP contribution in [0.25, 0.3) is 0 Å². The van der Waals surface area contributed by atoms with Crippen LogP contribution in [0.15, 0.2) is 10.4 Å². The number of nitrogens with two attached hydrogens (primary N) is 1. The number of guanidine groups is 1. The summed E-state index contributed by atoms with van der Waals surface area (Å²) in [5.74, 6) is 1.37. The van der Waals surface area contributed by atoms with E-state index in [0.29, 0.717) is 11.9 Å². The molecule has 1 saturated heterocycles. The van der Waals surface area contributed by atoms with Crippen LogP contribution in [0.3, 0.4) is 0 Å². The van der Waals surface area contributed by atoms with Crippen molar-refractivity contribution >= 4 is 17.3 Å². The first-order chi connectivity index (χ1) is 11.2. The molecule has 23 heavy (non-hydrogen) atoms. The predicted octanol–water partition coefficient (Wildman–Crippen LogP) is 2.57. The highest BCUT2D eigenvalue weighted by Crippen LogP contribution is 2.20. The van der Waals surface area contributed by atoms with E-state index in [4.69, 9.17) is 5.73 Å². The monoisotopic (exact) mass is 337 g/mol. The van der Waals surface area contributed by atoms with Crippen LogP contribution < -0.4 is 5.73 Å². The molecule has 0 radical (unpaired) electrons. The molecule has 1 aliphatic heterocycles. The van der Waals surface area contributed by atoms with E-state index in [9.17, 15) is 0 Å². The summed E-state index contributed by atoms with van der Waals surface area (Å²) in [6.45, 7) is 12.4. The lowest BCUT2D eigenvalue weighted by molar-refractivity contribution is 0.179. The Morgan fingerprint density at radius 2 is 2.04 bits per heavy atom. The minimum atomic E-state index is 0.669. The normalized spacial score (nSPS) is 17.6. The van der Waals surface area contributed by atoms with Crippen molar-refractivity contribution in [3.05, 3.63) is 16.1 Å². The Labute approximate surface area is 144 Å². The van der Waals surface area contributed by atoms with Gasteiger partial charge in [0.05, 0.1) is 10.7 Å². The lowest BCUT2D eigenvalue weighted by Gasteiger charge is -2.31. The van der Waals surface area contributed by atoms with Gasteiger partial charge in [-0.2, -0.15) is 0 Å². The lowest BCUT2D eigenvalue weighted by Crippen LogP contribution is -2.38. The molecule has 0 spiro atoms. The van der Waals surface area contributed by atoms with Gasteiger partial charge in [0.2, 0.25) is 0 Å². The molecule has 0 aromatic carbocycles. The molecular formula is C17H31N5S. The van der Waals surface area contributed by atoms with Crippen LogP contribution >= 0.6 is 11.3 Å². The summed E-state index contributed by atoms with van der Waals surface area (Å²) in [7, 11) is 0. The van der Waals surface area contributed by atoms with E-state index >= 15 is 0 Å². The molecule has 0 aliphatic carbocycles. The first-order valence-corrected chi connectivity index (χ1v) is 9.74. The van der Waals surface area contributed by atoms with Crippen LogP contribution in [0.1, 0.15) is 44.3 Å². The average molecular weight is 338 g/mol. The Kier molecular flexibility index (Phi) is 7.30. The van der Waals surface area contributed by atoms with Crippen molar-refractivity contribution in [1.29, 1.82) is 0 Å². The van der Waals surface area contributed by atoms with Crippen LogP contribution in [0.5, 0.6) is 0 Å². The zero-order valence-electron chi connectivity index (χ0n) is 14.8. The fraction of sp³-hybridized carbons (Fsp3) is 0.765. The van der Waals surface area contributed by atoms with Gasteiger partial charge in [-0.15, -0.1) is 11.3 Å².